The van der Waals surface area contributed by atoms with Crippen molar-refractivity contribution < 1.29 is 0 Å². The van der Waals surface area contributed by atoms with Gasteiger partial charge in [-0.2, -0.15) is 0 Å². The summed E-state index contributed by atoms with van der Waals surface area (Å²) in [6.07, 6.45) is 3.87. The molecule has 0 radical (unpaired) electrons. The van der Waals surface area contributed by atoms with E-state index in [0.717, 1.165) is 6.54 Å². The van der Waals surface area contributed by atoms with Crippen molar-refractivity contribution in [3.05, 3.63) is 21.9 Å². The number of unbranched alkanes of at least 4 members (excludes halogenated alkanes) is 1. The van der Waals surface area contributed by atoms with Crippen LogP contribution in [-0.4, -0.2) is 19.0 Å². The molecular weight excluding hydrogens is 178 g/mol. The smallest absolute Gasteiger partial charge is 0.0321 e. The maximum Gasteiger partial charge on any atom is 0.0321 e. The highest BCUT2D eigenvalue weighted by Crippen LogP contribution is 2.19. The Morgan fingerprint density at radius 2 is 1.92 bits per heavy atom. The molecule has 0 spiro atoms. The third kappa shape index (κ3) is 3.92. The Morgan fingerprint density at radius 3 is 2.54 bits per heavy atom. The lowest BCUT2D eigenvalue weighted by molar-refractivity contribution is 0.406. The molecule has 1 rings (SSSR count). The summed E-state index contributed by atoms with van der Waals surface area (Å²) in [6, 6.07) is 4.54. The average molecular weight is 197 g/mol. The summed E-state index contributed by atoms with van der Waals surface area (Å²) in [6.45, 7) is 3.32. The van der Waals surface area contributed by atoms with Crippen LogP contribution in [0.4, 0.5) is 0 Å². The van der Waals surface area contributed by atoms with Gasteiger partial charge in [0.1, 0.15) is 0 Å². The van der Waals surface area contributed by atoms with Gasteiger partial charge in [0.25, 0.3) is 0 Å². The molecule has 1 heterocycles. The highest BCUT2D eigenvalue weighted by atomic mass is 32.1. The number of hydrogen-bond donors (Lipinski definition) is 0. The monoisotopic (exact) mass is 197 g/mol. The number of nitrogens with zero attached hydrogens (tertiary/aromatic N) is 1. The molecule has 0 saturated heterocycles. The molecule has 0 aliphatic heterocycles. The van der Waals surface area contributed by atoms with E-state index >= 15 is 0 Å². The first kappa shape index (κ1) is 10.7. The zero-order valence-corrected chi connectivity index (χ0v) is 9.66. The molecule has 1 nitrogen and oxygen atoms in total. The minimum absolute atomic E-state index is 1.08. The fourth-order valence-electron chi connectivity index (χ4n) is 1.30. The van der Waals surface area contributed by atoms with E-state index in [-0.39, 0.29) is 0 Å². The van der Waals surface area contributed by atoms with Crippen LogP contribution < -0.4 is 0 Å². The lowest BCUT2D eigenvalue weighted by Gasteiger charge is -2.05. The van der Waals surface area contributed by atoms with Crippen LogP contribution in [0.2, 0.25) is 0 Å². The van der Waals surface area contributed by atoms with Gasteiger partial charge < -0.3 is 4.90 Å². The second kappa shape index (κ2) is 5.40. The number of rotatable bonds is 5. The molecular formula is C11H19NS. The SMILES string of the molecule is CCCCc1ccc(CN(C)C)s1. The van der Waals surface area contributed by atoms with Crippen LogP contribution in [0.15, 0.2) is 12.1 Å². The van der Waals surface area contributed by atoms with Gasteiger partial charge in [0.15, 0.2) is 0 Å². The van der Waals surface area contributed by atoms with Crippen molar-refractivity contribution in [3.63, 3.8) is 0 Å². The normalized spacial score (nSPS) is 11.1. The lowest BCUT2D eigenvalue weighted by Crippen LogP contribution is -2.09. The fourth-order valence-corrected chi connectivity index (χ4v) is 2.48. The summed E-state index contributed by atoms with van der Waals surface area (Å²) in [4.78, 5) is 5.24. The first-order valence-corrected chi connectivity index (χ1v) is 5.76. The molecule has 0 fully saturated rings. The van der Waals surface area contributed by atoms with Crippen molar-refractivity contribution in [3.8, 4) is 0 Å². The quantitative estimate of drug-likeness (QED) is 0.701. The molecule has 0 N–H and O–H groups in total. The molecule has 0 atom stereocenters. The molecule has 0 aliphatic rings. The third-order valence-corrected chi connectivity index (χ3v) is 3.10. The average Bonchev–Trinajstić information content (AvgIpc) is 2.48. The van der Waals surface area contributed by atoms with Crippen molar-refractivity contribution in [2.45, 2.75) is 32.7 Å². The molecule has 74 valence electrons. The molecule has 0 bridgehead atoms. The molecule has 13 heavy (non-hydrogen) atoms. The van der Waals surface area contributed by atoms with Gasteiger partial charge in [-0.3, -0.25) is 0 Å². The number of hydrogen-bond acceptors (Lipinski definition) is 2. The van der Waals surface area contributed by atoms with Gasteiger partial charge in [0.05, 0.1) is 0 Å². The van der Waals surface area contributed by atoms with E-state index in [1.54, 1.807) is 4.88 Å². The first-order valence-electron chi connectivity index (χ1n) is 4.94. The molecule has 0 saturated carbocycles. The summed E-state index contributed by atoms with van der Waals surface area (Å²) in [5.41, 5.74) is 0. The van der Waals surface area contributed by atoms with Crippen molar-refractivity contribution >= 4 is 11.3 Å². The Hall–Kier alpha value is -0.340. The molecule has 1 aromatic heterocycles. The predicted molar refractivity (Wildman–Crippen MR) is 60.3 cm³/mol. The zero-order chi connectivity index (χ0) is 9.68. The lowest BCUT2D eigenvalue weighted by atomic mass is 10.2. The van der Waals surface area contributed by atoms with E-state index in [0.29, 0.717) is 0 Å². The number of aryl methyl sites for hydroxylation is 1. The van der Waals surface area contributed by atoms with Crippen LogP contribution in [0, 0.1) is 0 Å². The molecule has 1 aromatic rings. The van der Waals surface area contributed by atoms with Crippen LogP contribution in [0.3, 0.4) is 0 Å². The van der Waals surface area contributed by atoms with Crippen molar-refractivity contribution in [1.82, 2.24) is 4.90 Å². The van der Waals surface area contributed by atoms with Gasteiger partial charge in [-0.1, -0.05) is 13.3 Å². The maximum absolute atomic E-state index is 2.28. The van der Waals surface area contributed by atoms with Gasteiger partial charge in [0, 0.05) is 16.3 Å². The fraction of sp³-hybridized carbons (Fsp3) is 0.636. The van der Waals surface area contributed by atoms with Crippen LogP contribution in [-0.2, 0) is 13.0 Å². The zero-order valence-electron chi connectivity index (χ0n) is 8.84. The molecule has 0 aliphatic carbocycles. The van der Waals surface area contributed by atoms with Gasteiger partial charge in [-0.15, -0.1) is 11.3 Å². The first-order chi connectivity index (χ1) is 6.22. The van der Waals surface area contributed by atoms with Gasteiger partial charge >= 0.3 is 0 Å². The molecule has 2 heteroatoms. The highest BCUT2D eigenvalue weighted by molar-refractivity contribution is 7.11. The van der Waals surface area contributed by atoms with E-state index in [4.69, 9.17) is 0 Å². The van der Waals surface area contributed by atoms with E-state index in [9.17, 15) is 0 Å². The van der Waals surface area contributed by atoms with Crippen LogP contribution in [0.5, 0.6) is 0 Å². The van der Waals surface area contributed by atoms with E-state index in [2.05, 4.69) is 38.1 Å². The van der Waals surface area contributed by atoms with Crippen molar-refractivity contribution in [1.29, 1.82) is 0 Å². The van der Waals surface area contributed by atoms with Gasteiger partial charge in [-0.25, -0.2) is 0 Å². The molecule has 0 unspecified atom stereocenters. The second-order valence-electron chi connectivity index (χ2n) is 3.71. The molecule has 0 amide bonds. The van der Waals surface area contributed by atoms with Gasteiger partial charge in [0.2, 0.25) is 0 Å². The largest absolute Gasteiger partial charge is 0.304 e. The Kier molecular flexibility index (Phi) is 4.46. The molecule has 0 aromatic carbocycles. The van der Waals surface area contributed by atoms with Crippen LogP contribution in [0.1, 0.15) is 29.5 Å². The standard InChI is InChI=1S/C11H19NS/c1-4-5-6-10-7-8-11(13-10)9-12(2)3/h7-8H,4-6,9H2,1-3H3. The van der Waals surface area contributed by atoms with E-state index < -0.39 is 0 Å². The summed E-state index contributed by atoms with van der Waals surface area (Å²) in [7, 11) is 4.23. The minimum Gasteiger partial charge on any atom is -0.304 e. The predicted octanol–water partition coefficient (Wildman–Crippen LogP) is 3.15. The minimum atomic E-state index is 1.08. The Labute approximate surface area is 85.4 Å². The summed E-state index contributed by atoms with van der Waals surface area (Å²) >= 11 is 1.96. The van der Waals surface area contributed by atoms with Crippen molar-refractivity contribution in [2.75, 3.05) is 14.1 Å². The van der Waals surface area contributed by atoms with E-state index in [1.807, 2.05) is 11.3 Å². The highest BCUT2D eigenvalue weighted by Gasteiger charge is 2.00. The van der Waals surface area contributed by atoms with Crippen molar-refractivity contribution in [2.24, 2.45) is 0 Å². The summed E-state index contributed by atoms with van der Waals surface area (Å²) < 4.78 is 0. The summed E-state index contributed by atoms with van der Waals surface area (Å²) in [5, 5.41) is 0. The summed E-state index contributed by atoms with van der Waals surface area (Å²) in [5.74, 6) is 0. The Morgan fingerprint density at radius 1 is 1.23 bits per heavy atom. The Balaban J connectivity index is 2.44. The maximum atomic E-state index is 2.28. The number of thiophene rings is 1. The van der Waals surface area contributed by atoms with Crippen LogP contribution in [0.25, 0.3) is 0 Å². The third-order valence-electron chi connectivity index (χ3n) is 1.97. The van der Waals surface area contributed by atoms with Gasteiger partial charge in [-0.05, 0) is 39.1 Å². The second-order valence-corrected chi connectivity index (χ2v) is 4.96. The Bertz CT molecular complexity index is 240. The van der Waals surface area contributed by atoms with E-state index in [1.165, 1.54) is 24.1 Å². The topological polar surface area (TPSA) is 3.24 Å². The van der Waals surface area contributed by atoms with Crippen LogP contribution >= 0.6 is 11.3 Å².